The van der Waals surface area contributed by atoms with Gasteiger partial charge in [0.15, 0.2) is 0 Å². The molecule has 0 saturated carbocycles. The molecule has 62 valence electrons. The Bertz CT molecular complexity index is 270. The average Bonchev–Trinajstić information content (AvgIpc) is 2.17. The third-order valence-corrected chi connectivity index (χ3v) is 1.36. The van der Waals surface area contributed by atoms with Gasteiger partial charge in [0.1, 0.15) is 0 Å². The fourth-order valence-electron chi connectivity index (χ4n) is 0.749. The van der Waals surface area contributed by atoms with Gasteiger partial charge in [-0.3, -0.25) is 4.79 Å². The number of carbonyl (C=O) groups is 1. The molecule has 0 bridgehead atoms. The first kappa shape index (κ1) is 8.51. The molecule has 0 unspecified atom stereocenters. The molecule has 2 radical (unpaired) electrons. The van der Waals surface area contributed by atoms with Crippen molar-refractivity contribution in [2.24, 2.45) is 0 Å². The minimum Gasteiger partial charge on any atom is -0.267 e. The number of rotatable bonds is 2. The normalized spacial score (nSPS) is 9.17. The van der Waals surface area contributed by atoms with Gasteiger partial charge in [-0.2, -0.15) is 5.48 Å². The number of hydrogen-bond donors (Lipinski definition) is 2. The SMILES string of the molecule is [O]NC(=O)c1ccc(N[O])cc1. The zero-order valence-electron chi connectivity index (χ0n) is 6.03. The van der Waals surface area contributed by atoms with Crippen LogP contribution in [0, 0.1) is 0 Å². The Labute approximate surface area is 68.6 Å². The van der Waals surface area contributed by atoms with Crippen LogP contribution >= 0.6 is 0 Å². The molecule has 1 aromatic rings. The van der Waals surface area contributed by atoms with E-state index in [9.17, 15) is 15.2 Å². The van der Waals surface area contributed by atoms with Crippen molar-refractivity contribution in [2.45, 2.75) is 0 Å². The van der Waals surface area contributed by atoms with Crippen LogP contribution in [0.15, 0.2) is 24.3 Å². The largest absolute Gasteiger partial charge is 0.277 e. The van der Waals surface area contributed by atoms with Gasteiger partial charge in [-0.25, -0.2) is 5.48 Å². The Morgan fingerprint density at radius 3 is 2.08 bits per heavy atom. The van der Waals surface area contributed by atoms with Gasteiger partial charge in [0, 0.05) is 5.56 Å². The Morgan fingerprint density at radius 1 is 1.08 bits per heavy atom. The van der Waals surface area contributed by atoms with E-state index in [1.165, 1.54) is 29.7 Å². The van der Waals surface area contributed by atoms with Crippen LogP contribution in [0.25, 0.3) is 0 Å². The van der Waals surface area contributed by atoms with Gasteiger partial charge in [-0.05, 0) is 24.3 Å². The molecule has 1 aromatic carbocycles. The summed E-state index contributed by atoms with van der Waals surface area (Å²) in [5.74, 6) is -0.715. The number of anilines is 1. The van der Waals surface area contributed by atoms with Crippen LogP contribution in [0.3, 0.4) is 0 Å². The molecule has 0 fully saturated rings. The first-order valence-corrected chi connectivity index (χ1v) is 3.18. The molecule has 0 aliphatic rings. The first-order chi connectivity index (χ1) is 5.77. The molecule has 0 atom stereocenters. The lowest BCUT2D eigenvalue weighted by molar-refractivity contribution is 0.0465. The number of hydrogen-bond acceptors (Lipinski definition) is 2. The second-order valence-corrected chi connectivity index (χ2v) is 2.11. The predicted molar refractivity (Wildman–Crippen MR) is 38.9 cm³/mol. The Hall–Kier alpha value is -1.59. The summed E-state index contributed by atoms with van der Waals surface area (Å²) in [6.07, 6.45) is 0. The molecule has 12 heavy (non-hydrogen) atoms. The van der Waals surface area contributed by atoms with Crippen LogP contribution in [0.2, 0.25) is 0 Å². The van der Waals surface area contributed by atoms with Crippen molar-refractivity contribution in [1.29, 1.82) is 0 Å². The van der Waals surface area contributed by atoms with Crippen molar-refractivity contribution >= 4 is 11.6 Å². The number of carbonyl (C=O) groups excluding carboxylic acids is 1. The maximum absolute atomic E-state index is 10.7. The third kappa shape index (κ3) is 1.71. The van der Waals surface area contributed by atoms with E-state index in [4.69, 9.17) is 0 Å². The fraction of sp³-hybridized carbons (Fsp3) is 0. The van der Waals surface area contributed by atoms with Gasteiger partial charge in [0.05, 0.1) is 5.69 Å². The van der Waals surface area contributed by atoms with E-state index >= 15 is 0 Å². The van der Waals surface area contributed by atoms with Crippen molar-refractivity contribution in [2.75, 3.05) is 5.48 Å². The number of amides is 1. The highest BCUT2D eigenvalue weighted by Gasteiger charge is 2.02. The van der Waals surface area contributed by atoms with E-state index in [0.29, 0.717) is 5.69 Å². The summed E-state index contributed by atoms with van der Waals surface area (Å²) in [6.45, 7) is 0. The zero-order valence-corrected chi connectivity index (χ0v) is 6.03. The average molecular weight is 166 g/mol. The lowest BCUT2D eigenvalue weighted by Gasteiger charge is -1.98. The zero-order chi connectivity index (χ0) is 8.97. The molecule has 5 heteroatoms. The number of hydroxylamine groups is 1. The molecular weight excluding hydrogens is 160 g/mol. The molecule has 2 N–H and O–H groups in total. The van der Waals surface area contributed by atoms with Crippen molar-refractivity contribution in [1.82, 2.24) is 5.48 Å². The lowest BCUT2D eigenvalue weighted by Crippen LogP contribution is -2.16. The monoisotopic (exact) mass is 166 g/mol. The topological polar surface area (TPSA) is 80.9 Å². The first-order valence-electron chi connectivity index (χ1n) is 3.18. The van der Waals surface area contributed by atoms with Gasteiger partial charge >= 0.3 is 0 Å². The minimum atomic E-state index is -0.715. The van der Waals surface area contributed by atoms with Crippen molar-refractivity contribution < 1.29 is 15.2 Å². The second kappa shape index (κ2) is 3.70. The Morgan fingerprint density at radius 2 is 1.67 bits per heavy atom. The van der Waals surface area contributed by atoms with E-state index in [1.54, 1.807) is 5.48 Å². The maximum atomic E-state index is 10.7. The van der Waals surface area contributed by atoms with E-state index < -0.39 is 5.91 Å². The molecule has 1 amide bonds. The summed E-state index contributed by atoms with van der Waals surface area (Å²) in [5, 5.41) is 20.0. The highest BCUT2D eigenvalue weighted by atomic mass is 16.5. The number of nitrogens with one attached hydrogen (secondary N) is 2. The highest BCUT2D eigenvalue weighted by molar-refractivity contribution is 5.93. The second-order valence-electron chi connectivity index (χ2n) is 2.11. The molecule has 0 aromatic heterocycles. The van der Waals surface area contributed by atoms with Crippen LogP contribution < -0.4 is 11.0 Å². The fourth-order valence-corrected chi connectivity index (χ4v) is 0.749. The van der Waals surface area contributed by atoms with E-state index in [1.807, 2.05) is 0 Å². The summed E-state index contributed by atoms with van der Waals surface area (Å²) in [5.41, 5.74) is 3.45. The van der Waals surface area contributed by atoms with Gasteiger partial charge < -0.3 is 0 Å². The van der Waals surface area contributed by atoms with Crippen molar-refractivity contribution in [3.8, 4) is 0 Å². The smallest absolute Gasteiger partial charge is 0.267 e. The molecule has 5 nitrogen and oxygen atoms in total. The van der Waals surface area contributed by atoms with E-state index in [-0.39, 0.29) is 5.56 Å². The van der Waals surface area contributed by atoms with Crippen LogP contribution in [0.1, 0.15) is 10.4 Å². The van der Waals surface area contributed by atoms with Gasteiger partial charge in [-0.15, -0.1) is 0 Å². The number of benzene rings is 1. The van der Waals surface area contributed by atoms with Crippen LogP contribution in [-0.2, 0) is 10.4 Å². The quantitative estimate of drug-likeness (QED) is 0.628. The van der Waals surface area contributed by atoms with Crippen LogP contribution in [0.5, 0.6) is 0 Å². The summed E-state index contributed by atoms with van der Waals surface area (Å²) >= 11 is 0. The predicted octanol–water partition coefficient (Wildman–Crippen LogP) is 0.519. The summed E-state index contributed by atoms with van der Waals surface area (Å²) in [4.78, 5) is 10.7. The van der Waals surface area contributed by atoms with Gasteiger partial charge in [0.2, 0.25) is 0 Å². The van der Waals surface area contributed by atoms with E-state index in [2.05, 4.69) is 0 Å². The third-order valence-electron chi connectivity index (χ3n) is 1.36. The molecule has 0 saturated heterocycles. The molecule has 0 aliphatic carbocycles. The highest BCUT2D eigenvalue weighted by Crippen LogP contribution is 2.07. The maximum Gasteiger partial charge on any atom is 0.277 e. The van der Waals surface area contributed by atoms with Gasteiger partial charge in [0.25, 0.3) is 5.91 Å². The molecule has 0 aliphatic heterocycles. The summed E-state index contributed by atoms with van der Waals surface area (Å²) in [6, 6.07) is 5.59. The van der Waals surface area contributed by atoms with Crippen LogP contribution in [0.4, 0.5) is 5.69 Å². The summed E-state index contributed by atoms with van der Waals surface area (Å²) < 4.78 is 0. The van der Waals surface area contributed by atoms with Crippen molar-refractivity contribution in [3.05, 3.63) is 29.8 Å². The summed E-state index contributed by atoms with van der Waals surface area (Å²) in [7, 11) is 0. The minimum absolute atomic E-state index is 0.226. The van der Waals surface area contributed by atoms with Gasteiger partial charge in [-0.1, -0.05) is 10.4 Å². The molecule has 0 spiro atoms. The Kier molecular flexibility index (Phi) is 2.62. The Balaban J connectivity index is 2.84. The molecule has 0 heterocycles. The standard InChI is InChI=1S/C7H6N2O3/c10-7(9-12)5-1-3-6(8-11)4-2-5/h1-4,8H,(H,9,10). The van der Waals surface area contributed by atoms with Crippen molar-refractivity contribution in [3.63, 3.8) is 0 Å². The lowest BCUT2D eigenvalue weighted by atomic mass is 10.2. The molecular formula is C7H6N2O3. The van der Waals surface area contributed by atoms with E-state index in [0.717, 1.165) is 0 Å². The molecule has 1 rings (SSSR count). The van der Waals surface area contributed by atoms with Crippen LogP contribution in [-0.4, -0.2) is 5.91 Å².